The molecule has 1 aromatic heterocycles. The molecule has 0 bridgehead atoms. The van der Waals surface area contributed by atoms with E-state index in [-0.39, 0.29) is 12.1 Å². The van der Waals surface area contributed by atoms with E-state index in [0.717, 1.165) is 6.42 Å². The summed E-state index contributed by atoms with van der Waals surface area (Å²) >= 11 is 1.82. The van der Waals surface area contributed by atoms with Crippen LogP contribution in [0.4, 0.5) is 0 Å². The largest absolute Gasteiger partial charge is 0.394 e. The first-order valence-corrected chi connectivity index (χ1v) is 7.28. The maximum absolute atomic E-state index is 9.57. The molecule has 4 heteroatoms. The third-order valence-corrected chi connectivity index (χ3v) is 3.82. The molecule has 0 radical (unpaired) electrons. The van der Waals surface area contributed by atoms with Crippen LogP contribution in [0.15, 0.2) is 29.4 Å². The molecule has 0 spiro atoms. The van der Waals surface area contributed by atoms with Crippen LogP contribution in [0.1, 0.15) is 34.1 Å². The molecular formula is C14H24N2OS. The van der Waals surface area contributed by atoms with Crippen LogP contribution in [-0.4, -0.2) is 33.5 Å². The Labute approximate surface area is 114 Å². The zero-order chi connectivity index (χ0) is 13.6. The smallest absolute Gasteiger partial charge is 0.0611 e. The predicted octanol–water partition coefficient (Wildman–Crippen LogP) is 2.70. The molecule has 0 saturated carbocycles. The standard InChI is InChI=1S/C14H24N2OS/c1-11(2)16-14(4,10-17)9-12(3)18-13-5-7-15-8-6-13/h5-8,11-12,16-17H,9-10H2,1-4H3. The second-order valence-electron chi connectivity index (χ2n) is 5.33. The highest BCUT2D eigenvalue weighted by atomic mass is 32.2. The minimum Gasteiger partial charge on any atom is -0.394 e. The summed E-state index contributed by atoms with van der Waals surface area (Å²) in [6.07, 6.45) is 4.55. The molecule has 2 N–H and O–H groups in total. The molecule has 2 atom stereocenters. The zero-order valence-electron chi connectivity index (χ0n) is 11.7. The fourth-order valence-corrected chi connectivity index (χ4v) is 3.39. The van der Waals surface area contributed by atoms with E-state index in [2.05, 4.69) is 38.0 Å². The number of aromatic nitrogens is 1. The first-order chi connectivity index (χ1) is 8.45. The number of nitrogens with zero attached hydrogens (tertiary/aromatic N) is 1. The average Bonchev–Trinajstić information content (AvgIpc) is 2.28. The third-order valence-electron chi connectivity index (χ3n) is 2.71. The van der Waals surface area contributed by atoms with Crippen LogP contribution in [0, 0.1) is 0 Å². The molecule has 2 unspecified atom stereocenters. The SMILES string of the molecule is CC(C)NC(C)(CO)CC(C)Sc1ccncc1. The summed E-state index contributed by atoms with van der Waals surface area (Å²) < 4.78 is 0. The summed E-state index contributed by atoms with van der Waals surface area (Å²) in [5.41, 5.74) is -0.215. The number of aliphatic hydroxyl groups excluding tert-OH is 1. The summed E-state index contributed by atoms with van der Waals surface area (Å²) in [5.74, 6) is 0. The lowest BCUT2D eigenvalue weighted by molar-refractivity contribution is 0.157. The first-order valence-electron chi connectivity index (χ1n) is 6.40. The molecule has 102 valence electrons. The Hall–Kier alpha value is -0.580. The van der Waals surface area contributed by atoms with Crippen LogP contribution >= 0.6 is 11.8 Å². The minimum absolute atomic E-state index is 0.159. The van der Waals surface area contributed by atoms with Crippen LogP contribution in [0.3, 0.4) is 0 Å². The normalized spacial score (nSPS) is 16.6. The predicted molar refractivity (Wildman–Crippen MR) is 77.9 cm³/mol. The lowest BCUT2D eigenvalue weighted by atomic mass is 9.96. The number of hydrogen-bond donors (Lipinski definition) is 2. The number of nitrogens with one attached hydrogen (secondary N) is 1. The van der Waals surface area contributed by atoms with Gasteiger partial charge in [0.2, 0.25) is 0 Å². The van der Waals surface area contributed by atoms with Gasteiger partial charge < -0.3 is 10.4 Å². The second kappa shape index (κ2) is 7.12. The van der Waals surface area contributed by atoms with Gasteiger partial charge in [0.1, 0.15) is 0 Å². The van der Waals surface area contributed by atoms with Crippen LogP contribution in [0.2, 0.25) is 0 Å². The van der Waals surface area contributed by atoms with E-state index in [4.69, 9.17) is 0 Å². The summed E-state index contributed by atoms with van der Waals surface area (Å²) in [5, 5.41) is 13.5. The van der Waals surface area contributed by atoms with Crippen molar-refractivity contribution in [1.29, 1.82) is 0 Å². The van der Waals surface area contributed by atoms with E-state index >= 15 is 0 Å². The van der Waals surface area contributed by atoms with Crippen molar-refractivity contribution in [2.75, 3.05) is 6.61 Å². The molecule has 1 rings (SSSR count). The highest BCUT2D eigenvalue weighted by Crippen LogP contribution is 2.28. The Bertz CT molecular complexity index is 345. The van der Waals surface area contributed by atoms with Crippen molar-refractivity contribution in [2.45, 2.75) is 55.8 Å². The van der Waals surface area contributed by atoms with Crippen LogP contribution in [0.5, 0.6) is 0 Å². The van der Waals surface area contributed by atoms with E-state index in [0.29, 0.717) is 11.3 Å². The molecule has 0 amide bonds. The molecule has 18 heavy (non-hydrogen) atoms. The Morgan fingerprint density at radius 1 is 1.33 bits per heavy atom. The number of rotatable bonds is 7. The van der Waals surface area contributed by atoms with Crippen molar-refractivity contribution in [1.82, 2.24) is 10.3 Å². The lowest BCUT2D eigenvalue weighted by Crippen LogP contribution is -2.50. The van der Waals surface area contributed by atoms with Gasteiger partial charge in [-0.3, -0.25) is 4.98 Å². The molecule has 0 aromatic carbocycles. The van der Waals surface area contributed by atoms with Gasteiger partial charge in [-0.15, -0.1) is 11.8 Å². The number of hydrogen-bond acceptors (Lipinski definition) is 4. The zero-order valence-corrected chi connectivity index (χ0v) is 12.5. The molecular weight excluding hydrogens is 244 g/mol. The Balaban J connectivity index is 2.54. The molecule has 0 aliphatic heterocycles. The van der Waals surface area contributed by atoms with Gasteiger partial charge in [-0.1, -0.05) is 20.8 Å². The maximum atomic E-state index is 9.57. The summed E-state index contributed by atoms with van der Waals surface area (Å²) in [4.78, 5) is 5.24. The van der Waals surface area contributed by atoms with Crippen LogP contribution in [-0.2, 0) is 0 Å². The van der Waals surface area contributed by atoms with E-state index in [1.165, 1.54) is 4.90 Å². The van der Waals surface area contributed by atoms with Gasteiger partial charge in [0.25, 0.3) is 0 Å². The molecule has 1 aromatic rings. The highest BCUT2D eigenvalue weighted by Gasteiger charge is 2.26. The van der Waals surface area contributed by atoms with Gasteiger partial charge in [0.15, 0.2) is 0 Å². The quantitative estimate of drug-likeness (QED) is 0.746. The van der Waals surface area contributed by atoms with Gasteiger partial charge in [0.05, 0.1) is 6.61 Å². The van der Waals surface area contributed by atoms with Crippen molar-refractivity contribution in [2.24, 2.45) is 0 Å². The van der Waals surface area contributed by atoms with E-state index < -0.39 is 0 Å². The van der Waals surface area contributed by atoms with Gasteiger partial charge in [-0.2, -0.15) is 0 Å². The molecule has 0 aliphatic carbocycles. The van der Waals surface area contributed by atoms with Gasteiger partial charge in [-0.05, 0) is 25.5 Å². The van der Waals surface area contributed by atoms with Crippen LogP contribution in [0.25, 0.3) is 0 Å². The maximum Gasteiger partial charge on any atom is 0.0611 e. The van der Waals surface area contributed by atoms with Crippen molar-refractivity contribution in [3.63, 3.8) is 0 Å². The Morgan fingerprint density at radius 2 is 1.94 bits per heavy atom. The highest BCUT2D eigenvalue weighted by molar-refractivity contribution is 7.99. The average molecular weight is 268 g/mol. The summed E-state index contributed by atoms with van der Waals surface area (Å²) in [6.45, 7) is 8.65. The van der Waals surface area contributed by atoms with E-state index in [9.17, 15) is 5.11 Å². The van der Waals surface area contributed by atoms with Crippen molar-refractivity contribution in [3.8, 4) is 0 Å². The fraction of sp³-hybridized carbons (Fsp3) is 0.643. The van der Waals surface area contributed by atoms with Crippen LogP contribution < -0.4 is 5.32 Å². The molecule has 1 heterocycles. The monoisotopic (exact) mass is 268 g/mol. The lowest BCUT2D eigenvalue weighted by Gasteiger charge is -2.33. The summed E-state index contributed by atoms with van der Waals surface area (Å²) in [7, 11) is 0. The Morgan fingerprint density at radius 3 is 2.44 bits per heavy atom. The number of thioether (sulfide) groups is 1. The van der Waals surface area contributed by atoms with E-state index in [1.807, 2.05) is 36.3 Å². The van der Waals surface area contributed by atoms with Gasteiger partial charge in [0, 0.05) is 34.1 Å². The van der Waals surface area contributed by atoms with E-state index in [1.54, 1.807) is 0 Å². The first kappa shape index (κ1) is 15.5. The van der Waals surface area contributed by atoms with Gasteiger partial charge in [-0.25, -0.2) is 0 Å². The number of aliphatic hydroxyl groups is 1. The molecule has 0 aliphatic rings. The second-order valence-corrected chi connectivity index (χ2v) is 6.85. The number of pyridine rings is 1. The topological polar surface area (TPSA) is 45.1 Å². The molecule has 0 saturated heterocycles. The molecule has 3 nitrogen and oxygen atoms in total. The van der Waals surface area contributed by atoms with Crippen molar-refractivity contribution in [3.05, 3.63) is 24.5 Å². The van der Waals surface area contributed by atoms with Crippen molar-refractivity contribution < 1.29 is 5.11 Å². The third kappa shape index (κ3) is 5.38. The van der Waals surface area contributed by atoms with Crippen molar-refractivity contribution >= 4 is 11.8 Å². The van der Waals surface area contributed by atoms with Gasteiger partial charge >= 0.3 is 0 Å². The fourth-order valence-electron chi connectivity index (χ4n) is 2.19. The Kier molecular flexibility index (Phi) is 6.12. The minimum atomic E-state index is -0.215. The molecule has 0 fully saturated rings. The summed E-state index contributed by atoms with van der Waals surface area (Å²) in [6, 6.07) is 4.42.